The molecule has 5 nitrogen and oxygen atoms in total. The van der Waals surface area contributed by atoms with Crippen molar-refractivity contribution in [2.75, 3.05) is 5.75 Å². The van der Waals surface area contributed by atoms with Crippen molar-refractivity contribution in [2.45, 2.75) is 65.1 Å². The van der Waals surface area contributed by atoms with Crippen molar-refractivity contribution in [1.82, 2.24) is 14.8 Å². The van der Waals surface area contributed by atoms with Crippen LogP contribution in [0.15, 0.2) is 5.16 Å². The lowest BCUT2D eigenvalue weighted by atomic mass is 9.87. The van der Waals surface area contributed by atoms with Gasteiger partial charge in [-0.05, 0) is 18.8 Å². The van der Waals surface area contributed by atoms with E-state index in [1.807, 2.05) is 11.5 Å². The first-order valence-electron chi connectivity index (χ1n) is 7.10. The SMILES string of the molecule is CCCCCC(C)(C)Cn1c(C)nnc1SCC(=O)O. The maximum absolute atomic E-state index is 10.7. The van der Waals surface area contributed by atoms with Crippen LogP contribution >= 0.6 is 11.8 Å². The molecule has 6 heteroatoms. The van der Waals surface area contributed by atoms with Gasteiger partial charge in [-0.2, -0.15) is 0 Å². The van der Waals surface area contributed by atoms with E-state index in [1.165, 1.54) is 31.0 Å². The highest BCUT2D eigenvalue weighted by Gasteiger charge is 2.22. The molecule has 114 valence electrons. The number of unbranched alkanes of at least 4 members (excludes halogenated alkanes) is 2. The van der Waals surface area contributed by atoms with Gasteiger partial charge in [-0.3, -0.25) is 4.79 Å². The molecule has 0 amide bonds. The fraction of sp³-hybridized carbons (Fsp3) is 0.786. The number of rotatable bonds is 9. The summed E-state index contributed by atoms with van der Waals surface area (Å²) in [6, 6.07) is 0. The summed E-state index contributed by atoms with van der Waals surface area (Å²) in [6.45, 7) is 9.44. The van der Waals surface area contributed by atoms with Crippen LogP contribution in [0.3, 0.4) is 0 Å². The van der Waals surface area contributed by atoms with Crippen LogP contribution in [0, 0.1) is 12.3 Å². The van der Waals surface area contributed by atoms with Gasteiger partial charge < -0.3 is 9.67 Å². The molecule has 0 spiro atoms. The van der Waals surface area contributed by atoms with Crippen LogP contribution in [0.2, 0.25) is 0 Å². The van der Waals surface area contributed by atoms with Crippen LogP contribution < -0.4 is 0 Å². The minimum Gasteiger partial charge on any atom is -0.481 e. The van der Waals surface area contributed by atoms with Gasteiger partial charge in [0.15, 0.2) is 5.16 Å². The maximum Gasteiger partial charge on any atom is 0.313 e. The van der Waals surface area contributed by atoms with Crippen molar-refractivity contribution in [2.24, 2.45) is 5.41 Å². The summed E-state index contributed by atoms with van der Waals surface area (Å²) in [6.07, 6.45) is 4.86. The first-order chi connectivity index (χ1) is 9.35. The number of carboxylic acids is 1. The number of thioether (sulfide) groups is 1. The zero-order valence-corrected chi connectivity index (χ0v) is 13.7. The van der Waals surface area contributed by atoms with Crippen molar-refractivity contribution in [3.05, 3.63) is 5.82 Å². The lowest BCUT2D eigenvalue weighted by Gasteiger charge is -2.26. The first kappa shape index (κ1) is 17.0. The van der Waals surface area contributed by atoms with E-state index in [9.17, 15) is 4.79 Å². The Morgan fingerprint density at radius 1 is 1.35 bits per heavy atom. The molecule has 1 rings (SSSR count). The quantitative estimate of drug-likeness (QED) is 0.559. The number of carbonyl (C=O) groups is 1. The van der Waals surface area contributed by atoms with Gasteiger partial charge in [-0.1, -0.05) is 51.8 Å². The average Bonchev–Trinajstić information content (AvgIpc) is 2.68. The second kappa shape index (κ2) is 7.67. The smallest absolute Gasteiger partial charge is 0.313 e. The van der Waals surface area contributed by atoms with E-state index in [0.29, 0.717) is 5.16 Å². The third-order valence-corrected chi connectivity index (χ3v) is 4.22. The lowest BCUT2D eigenvalue weighted by molar-refractivity contribution is -0.133. The van der Waals surface area contributed by atoms with Crippen molar-refractivity contribution < 1.29 is 9.90 Å². The second-order valence-electron chi connectivity index (χ2n) is 5.92. The number of hydrogen-bond donors (Lipinski definition) is 1. The fourth-order valence-corrected chi connectivity index (χ4v) is 2.84. The van der Waals surface area contributed by atoms with Crippen LogP contribution in [0.5, 0.6) is 0 Å². The van der Waals surface area contributed by atoms with Gasteiger partial charge >= 0.3 is 5.97 Å². The molecule has 0 atom stereocenters. The molecule has 20 heavy (non-hydrogen) atoms. The highest BCUT2D eigenvalue weighted by molar-refractivity contribution is 7.99. The van der Waals surface area contributed by atoms with E-state index >= 15 is 0 Å². The molecule has 0 saturated heterocycles. The van der Waals surface area contributed by atoms with Crippen LogP contribution in [-0.2, 0) is 11.3 Å². The van der Waals surface area contributed by atoms with Crippen molar-refractivity contribution in [3.63, 3.8) is 0 Å². The van der Waals surface area contributed by atoms with Gasteiger partial charge in [0.25, 0.3) is 0 Å². The Kier molecular flexibility index (Phi) is 6.52. The summed E-state index contributed by atoms with van der Waals surface area (Å²) in [7, 11) is 0. The highest BCUT2D eigenvalue weighted by atomic mass is 32.2. The molecule has 0 aliphatic heterocycles. The molecule has 0 unspecified atom stereocenters. The molecule has 1 aromatic heterocycles. The number of carboxylic acid groups (broad SMARTS) is 1. The van der Waals surface area contributed by atoms with Gasteiger partial charge in [0, 0.05) is 6.54 Å². The predicted octanol–water partition coefficient (Wildman–Crippen LogP) is 3.37. The van der Waals surface area contributed by atoms with Crippen molar-refractivity contribution in [1.29, 1.82) is 0 Å². The first-order valence-corrected chi connectivity index (χ1v) is 8.08. The van der Waals surface area contributed by atoms with Gasteiger partial charge in [-0.25, -0.2) is 0 Å². The summed E-state index contributed by atoms with van der Waals surface area (Å²) >= 11 is 1.23. The molecular formula is C14H25N3O2S. The zero-order valence-electron chi connectivity index (χ0n) is 12.8. The summed E-state index contributed by atoms with van der Waals surface area (Å²) in [5.74, 6) is 0.0415. The lowest BCUT2D eigenvalue weighted by Crippen LogP contribution is -2.21. The molecule has 0 aliphatic carbocycles. The van der Waals surface area contributed by atoms with Gasteiger partial charge in [-0.15, -0.1) is 10.2 Å². The van der Waals surface area contributed by atoms with E-state index in [2.05, 4.69) is 31.0 Å². The Morgan fingerprint density at radius 2 is 2.05 bits per heavy atom. The van der Waals surface area contributed by atoms with Crippen LogP contribution in [0.25, 0.3) is 0 Å². The predicted molar refractivity (Wildman–Crippen MR) is 81.0 cm³/mol. The van der Waals surface area contributed by atoms with Crippen LogP contribution in [0.4, 0.5) is 0 Å². The minimum atomic E-state index is -0.829. The van der Waals surface area contributed by atoms with Crippen LogP contribution in [-0.4, -0.2) is 31.6 Å². The van der Waals surface area contributed by atoms with Crippen molar-refractivity contribution >= 4 is 17.7 Å². The van der Waals surface area contributed by atoms with E-state index in [1.54, 1.807) is 0 Å². The molecule has 0 fully saturated rings. The van der Waals surface area contributed by atoms with E-state index in [0.717, 1.165) is 18.8 Å². The molecule has 0 radical (unpaired) electrons. The molecular weight excluding hydrogens is 274 g/mol. The molecule has 0 saturated carbocycles. The normalized spacial score (nSPS) is 11.8. The van der Waals surface area contributed by atoms with Gasteiger partial charge in [0.05, 0.1) is 5.75 Å². The van der Waals surface area contributed by atoms with E-state index in [-0.39, 0.29) is 11.2 Å². The highest BCUT2D eigenvalue weighted by Crippen LogP contribution is 2.28. The van der Waals surface area contributed by atoms with Crippen molar-refractivity contribution in [3.8, 4) is 0 Å². The number of aromatic nitrogens is 3. The Hall–Kier alpha value is -1.04. The Morgan fingerprint density at radius 3 is 2.65 bits per heavy atom. The number of aryl methyl sites for hydroxylation is 1. The molecule has 0 aromatic carbocycles. The number of nitrogens with zero attached hydrogens (tertiary/aromatic N) is 3. The van der Waals surface area contributed by atoms with Gasteiger partial charge in [0.2, 0.25) is 0 Å². The Bertz CT molecular complexity index is 444. The topological polar surface area (TPSA) is 68.0 Å². The molecule has 0 aliphatic rings. The third-order valence-electron chi connectivity index (χ3n) is 3.27. The fourth-order valence-electron chi connectivity index (χ4n) is 2.14. The summed E-state index contributed by atoms with van der Waals surface area (Å²) < 4.78 is 2.04. The summed E-state index contributed by atoms with van der Waals surface area (Å²) in [4.78, 5) is 10.7. The molecule has 1 aromatic rings. The Labute approximate surface area is 125 Å². The van der Waals surface area contributed by atoms with Crippen LogP contribution in [0.1, 0.15) is 52.3 Å². The van der Waals surface area contributed by atoms with E-state index < -0.39 is 5.97 Å². The minimum absolute atomic E-state index is 0.0222. The zero-order chi connectivity index (χ0) is 15.2. The Balaban J connectivity index is 2.69. The standard InChI is InChI=1S/C14H25N3O2S/c1-5-6-7-8-14(3,4)10-17-11(2)15-16-13(17)20-9-12(18)19/h5-10H2,1-4H3,(H,18,19). The third kappa shape index (κ3) is 5.53. The molecule has 1 heterocycles. The molecule has 1 N–H and O–H groups in total. The summed E-state index contributed by atoms with van der Waals surface area (Å²) in [5, 5.41) is 17.6. The largest absolute Gasteiger partial charge is 0.481 e. The number of aliphatic carboxylic acids is 1. The molecule has 0 bridgehead atoms. The van der Waals surface area contributed by atoms with E-state index in [4.69, 9.17) is 5.11 Å². The summed E-state index contributed by atoms with van der Waals surface area (Å²) in [5.41, 5.74) is 0.168. The maximum atomic E-state index is 10.7. The number of hydrogen-bond acceptors (Lipinski definition) is 4. The second-order valence-corrected chi connectivity index (χ2v) is 6.86. The monoisotopic (exact) mass is 299 g/mol. The average molecular weight is 299 g/mol. The van der Waals surface area contributed by atoms with Gasteiger partial charge in [0.1, 0.15) is 5.82 Å².